The Morgan fingerprint density at radius 2 is 2.00 bits per heavy atom. The molecule has 0 aromatic carbocycles. The van der Waals surface area contributed by atoms with E-state index in [1.807, 2.05) is 0 Å². The van der Waals surface area contributed by atoms with Gasteiger partial charge in [-0.05, 0) is 6.92 Å². The van der Waals surface area contributed by atoms with Crippen molar-refractivity contribution in [3.8, 4) is 0 Å². The summed E-state index contributed by atoms with van der Waals surface area (Å²) in [5, 5.41) is 13.6. The predicted octanol–water partition coefficient (Wildman–Crippen LogP) is -0.715. The first-order chi connectivity index (χ1) is 12.3. The SMILES string of the molecule is CC(=O)NNC(=O)C1CC(=O)N(c2cnn3c2CN(C(=O)O)[C@@H](C)C3)C1. The van der Waals surface area contributed by atoms with Crippen molar-refractivity contribution in [2.75, 3.05) is 11.4 Å². The molecule has 11 nitrogen and oxygen atoms in total. The first-order valence-corrected chi connectivity index (χ1v) is 8.19. The maximum atomic E-state index is 12.4. The van der Waals surface area contributed by atoms with Gasteiger partial charge >= 0.3 is 6.09 Å². The molecular formula is C15H20N6O5. The first-order valence-electron chi connectivity index (χ1n) is 8.19. The van der Waals surface area contributed by atoms with Crippen molar-refractivity contribution in [2.24, 2.45) is 5.92 Å². The molecule has 0 radical (unpaired) electrons. The van der Waals surface area contributed by atoms with E-state index >= 15 is 0 Å². The minimum atomic E-state index is -1.03. The van der Waals surface area contributed by atoms with E-state index in [-0.39, 0.29) is 31.5 Å². The quantitative estimate of drug-likeness (QED) is 0.593. The van der Waals surface area contributed by atoms with Crippen LogP contribution in [0.4, 0.5) is 10.5 Å². The topological polar surface area (TPSA) is 137 Å². The molecule has 3 rings (SSSR count). The van der Waals surface area contributed by atoms with Crippen LogP contribution in [0.15, 0.2) is 6.20 Å². The van der Waals surface area contributed by atoms with Crippen LogP contribution in [0.3, 0.4) is 0 Å². The van der Waals surface area contributed by atoms with Gasteiger partial charge in [-0.1, -0.05) is 0 Å². The van der Waals surface area contributed by atoms with Gasteiger partial charge in [0.25, 0.3) is 0 Å². The second kappa shape index (κ2) is 6.65. The van der Waals surface area contributed by atoms with Crippen LogP contribution in [-0.4, -0.2) is 56.2 Å². The molecule has 1 aromatic rings. The molecule has 140 valence electrons. The van der Waals surface area contributed by atoms with E-state index in [1.54, 1.807) is 11.6 Å². The van der Waals surface area contributed by atoms with Crippen molar-refractivity contribution >= 4 is 29.5 Å². The highest BCUT2D eigenvalue weighted by Gasteiger charge is 2.38. The van der Waals surface area contributed by atoms with Crippen LogP contribution >= 0.6 is 0 Å². The Morgan fingerprint density at radius 1 is 1.27 bits per heavy atom. The molecule has 2 atom stereocenters. The minimum Gasteiger partial charge on any atom is -0.465 e. The van der Waals surface area contributed by atoms with Gasteiger partial charge in [-0.3, -0.25) is 34.8 Å². The summed E-state index contributed by atoms with van der Waals surface area (Å²) < 4.78 is 1.69. The Hall–Kier alpha value is -3.11. The van der Waals surface area contributed by atoms with Gasteiger partial charge in [-0.2, -0.15) is 5.10 Å². The number of nitrogens with zero attached hydrogens (tertiary/aromatic N) is 4. The predicted molar refractivity (Wildman–Crippen MR) is 87.7 cm³/mol. The summed E-state index contributed by atoms with van der Waals surface area (Å²) in [7, 11) is 0. The molecule has 1 unspecified atom stereocenters. The molecule has 26 heavy (non-hydrogen) atoms. The van der Waals surface area contributed by atoms with Crippen LogP contribution in [0.5, 0.6) is 0 Å². The summed E-state index contributed by atoms with van der Waals surface area (Å²) in [6.07, 6.45) is 0.505. The molecule has 1 saturated heterocycles. The van der Waals surface area contributed by atoms with Crippen molar-refractivity contribution in [1.29, 1.82) is 0 Å². The van der Waals surface area contributed by atoms with Gasteiger partial charge in [0, 0.05) is 19.9 Å². The van der Waals surface area contributed by atoms with Crippen LogP contribution in [0.25, 0.3) is 0 Å². The van der Waals surface area contributed by atoms with Crippen molar-refractivity contribution in [3.63, 3.8) is 0 Å². The maximum Gasteiger partial charge on any atom is 0.407 e. The summed E-state index contributed by atoms with van der Waals surface area (Å²) in [5.74, 6) is -1.71. The highest BCUT2D eigenvalue weighted by molar-refractivity contribution is 6.00. The van der Waals surface area contributed by atoms with Gasteiger partial charge in [-0.25, -0.2) is 4.79 Å². The molecule has 0 saturated carbocycles. The molecule has 4 amide bonds. The molecule has 2 aliphatic heterocycles. The van der Waals surface area contributed by atoms with Crippen LogP contribution in [0.1, 0.15) is 26.0 Å². The standard InChI is InChI=1S/C15H20N6O5/c1-8-5-21-12(7-19(8)15(25)26)11(4-16-21)20-6-10(3-13(20)23)14(24)18-17-9(2)22/h4,8,10H,3,5-7H2,1-2H3,(H,17,22)(H,18,24)(H,25,26)/t8-,10?/m0/s1. The van der Waals surface area contributed by atoms with Gasteiger partial charge in [0.15, 0.2) is 0 Å². The number of hydrogen-bond acceptors (Lipinski definition) is 5. The molecule has 0 spiro atoms. The van der Waals surface area contributed by atoms with Crippen molar-refractivity contribution in [3.05, 3.63) is 11.9 Å². The molecule has 1 fully saturated rings. The number of amides is 4. The zero-order valence-electron chi connectivity index (χ0n) is 14.4. The highest BCUT2D eigenvalue weighted by atomic mass is 16.4. The van der Waals surface area contributed by atoms with Gasteiger partial charge in [0.05, 0.1) is 42.6 Å². The van der Waals surface area contributed by atoms with Crippen LogP contribution in [-0.2, 0) is 27.5 Å². The lowest BCUT2D eigenvalue weighted by atomic mass is 10.1. The lowest BCUT2D eigenvalue weighted by molar-refractivity contribution is -0.130. The Balaban J connectivity index is 1.77. The Morgan fingerprint density at radius 3 is 2.65 bits per heavy atom. The Kier molecular flexibility index (Phi) is 4.53. The van der Waals surface area contributed by atoms with Crippen LogP contribution in [0, 0.1) is 5.92 Å². The van der Waals surface area contributed by atoms with Gasteiger partial charge in [-0.15, -0.1) is 0 Å². The van der Waals surface area contributed by atoms with E-state index in [9.17, 15) is 24.3 Å². The zero-order chi connectivity index (χ0) is 19.0. The lowest BCUT2D eigenvalue weighted by Crippen LogP contribution is -2.45. The van der Waals surface area contributed by atoms with Gasteiger partial charge in [0.1, 0.15) is 0 Å². The van der Waals surface area contributed by atoms with Crippen molar-refractivity contribution < 1.29 is 24.3 Å². The Bertz CT molecular complexity index is 775. The summed E-state index contributed by atoms with van der Waals surface area (Å²) in [5.41, 5.74) is 5.62. The molecule has 2 aliphatic rings. The average Bonchev–Trinajstić information content (AvgIpc) is 3.14. The number of carbonyl (C=O) groups excluding carboxylic acids is 3. The third kappa shape index (κ3) is 3.19. The summed E-state index contributed by atoms with van der Waals surface area (Å²) in [4.78, 5) is 49.5. The molecule has 11 heteroatoms. The number of fused-ring (bicyclic) bond motifs is 1. The fourth-order valence-corrected chi connectivity index (χ4v) is 3.24. The smallest absolute Gasteiger partial charge is 0.407 e. The first kappa shape index (κ1) is 17.7. The Labute approximate surface area is 148 Å². The number of hydrogen-bond donors (Lipinski definition) is 3. The van der Waals surface area contributed by atoms with Crippen molar-refractivity contribution in [1.82, 2.24) is 25.5 Å². The summed E-state index contributed by atoms with van der Waals surface area (Å²) >= 11 is 0. The monoisotopic (exact) mass is 364 g/mol. The van der Waals surface area contributed by atoms with Crippen LogP contribution in [0.2, 0.25) is 0 Å². The molecule has 3 heterocycles. The molecule has 0 aliphatic carbocycles. The number of anilines is 1. The average molecular weight is 364 g/mol. The summed E-state index contributed by atoms with van der Waals surface area (Å²) in [6, 6.07) is -0.224. The zero-order valence-corrected chi connectivity index (χ0v) is 14.4. The molecule has 1 aromatic heterocycles. The molecule has 0 bridgehead atoms. The van der Waals surface area contributed by atoms with E-state index in [4.69, 9.17) is 0 Å². The van der Waals surface area contributed by atoms with Crippen LogP contribution < -0.4 is 15.8 Å². The number of aromatic nitrogens is 2. The number of nitrogens with one attached hydrogen (secondary N) is 2. The van der Waals surface area contributed by atoms with Gasteiger partial charge < -0.3 is 10.0 Å². The van der Waals surface area contributed by atoms with Crippen molar-refractivity contribution in [2.45, 2.75) is 39.4 Å². The largest absolute Gasteiger partial charge is 0.465 e. The minimum absolute atomic E-state index is 0.00901. The van der Waals surface area contributed by atoms with E-state index in [0.717, 1.165) is 0 Å². The summed E-state index contributed by atoms with van der Waals surface area (Å²) in [6.45, 7) is 3.72. The molecular weight excluding hydrogens is 344 g/mol. The second-order valence-corrected chi connectivity index (χ2v) is 6.49. The third-order valence-corrected chi connectivity index (χ3v) is 4.61. The van der Waals surface area contributed by atoms with E-state index in [1.165, 1.54) is 22.9 Å². The number of rotatable bonds is 2. The molecule has 3 N–H and O–H groups in total. The fraction of sp³-hybridized carbons (Fsp3) is 0.533. The third-order valence-electron chi connectivity index (χ3n) is 4.61. The van der Waals surface area contributed by atoms with E-state index in [0.29, 0.717) is 17.9 Å². The van der Waals surface area contributed by atoms with Gasteiger partial charge in [0.2, 0.25) is 17.7 Å². The highest BCUT2D eigenvalue weighted by Crippen LogP contribution is 2.31. The lowest BCUT2D eigenvalue weighted by Gasteiger charge is -2.32. The normalized spacial score (nSPS) is 22.2. The fourth-order valence-electron chi connectivity index (χ4n) is 3.24. The number of carboxylic acid groups (broad SMARTS) is 1. The number of hydrazine groups is 1. The maximum absolute atomic E-state index is 12.4. The second-order valence-electron chi connectivity index (χ2n) is 6.49. The van der Waals surface area contributed by atoms with E-state index < -0.39 is 23.8 Å². The number of carbonyl (C=O) groups is 4. The van der Waals surface area contributed by atoms with E-state index in [2.05, 4.69) is 16.0 Å².